The van der Waals surface area contributed by atoms with Gasteiger partial charge in [-0.2, -0.15) is 0 Å². The van der Waals surface area contributed by atoms with Crippen LogP contribution in [-0.4, -0.2) is 0 Å². The van der Waals surface area contributed by atoms with Gasteiger partial charge in [0.05, 0.1) is 0 Å². The summed E-state index contributed by atoms with van der Waals surface area (Å²) in [6.45, 7) is 0. The second-order valence-corrected chi connectivity index (χ2v) is 4.01. The summed E-state index contributed by atoms with van der Waals surface area (Å²) < 4.78 is 0. The van der Waals surface area contributed by atoms with E-state index in [1.165, 1.54) is 5.56 Å². The minimum absolute atomic E-state index is 0.616. The predicted octanol–water partition coefficient (Wildman–Crippen LogP) is 2.96. The van der Waals surface area contributed by atoms with E-state index < -0.39 is 0 Å². The molecule has 0 amide bonds. The summed E-state index contributed by atoms with van der Waals surface area (Å²) in [6.07, 6.45) is 3.36. The molecule has 1 aromatic carbocycles. The first-order valence-corrected chi connectivity index (χ1v) is 4.96. The number of hydrogen-bond acceptors (Lipinski definition) is 2. The lowest BCUT2D eigenvalue weighted by atomic mass is 10.1. The molecule has 1 unspecified atom stereocenters. The SMILES string of the molecule is Nc1ccc(C2CC=CS2)cc1. The van der Waals surface area contributed by atoms with Gasteiger partial charge in [-0.05, 0) is 29.5 Å². The second kappa shape index (κ2) is 3.23. The maximum Gasteiger partial charge on any atom is 0.0373 e. The quantitative estimate of drug-likeness (QED) is 0.667. The molecule has 0 saturated carbocycles. The van der Waals surface area contributed by atoms with Crippen LogP contribution in [0.2, 0.25) is 0 Å². The van der Waals surface area contributed by atoms with Crippen molar-refractivity contribution in [2.24, 2.45) is 0 Å². The third-order valence-corrected chi connectivity index (χ3v) is 3.14. The summed E-state index contributed by atoms with van der Waals surface area (Å²) in [7, 11) is 0. The second-order valence-electron chi connectivity index (χ2n) is 2.90. The normalized spacial score (nSPS) is 21.5. The van der Waals surface area contributed by atoms with Gasteiger partial charge < -0.3 is 5.73 Å². The van der Waals surface area contributed by atoms with Gasteiger partial charge in [-0.25, -0.2) is 0 Å². The van der Waals surface area contributed by atoms with Crippen molar-refractivity contribution < 1.29 is 0 Å². The third kappa shape index (κ3) is 1.48. The Labute approximate surface area is 76.7 Å². The highest BCUT2D eigenvalue weighted by Crippen LogP contribution is 2.38. The highest BCUT2D eigenvalue weighted by Gasteiger charge is 2.12. The molecule has 1 aliphatic heterocycles. The Balaban J connectivity index is 2.18. The van der Waals surface area contributed by atoms with Crippen molar-refractivity contribution in [3.63, 3.8) is 0 Å². The molecule has 1 nitrogen and oxygen atoms in total. The number of hydrogen-bond donors (Lipinski definition) is 1. The fraction of sp³-hybridized carbons (Fsp3) is 0.200. The van der Waals surface area contributed by atoms with Crippen LogP contribution in [0.3, 0.4) is 0 Å². The van der Waals surface area contributed by atoms with E-state index in [1.54, 1.807) is 0 Å². The van der Waals surface area contributed by atoms with Crippen molar-refractivity contribution >= 4 is 17.4 Å². The van der Waals surface area contributed by atoms with Crippen LogP contribution in [0.5, 0.6) is 0 Å². The molecular formula is C10H11NS. The molecule has 12 heavy (non-hydrogen) atoms. The summed E-state index contributed by atoms with van der Waals surface area (Å²) in [5.41, 5.74) is 7.82. The zero-order valence-corrected chi connectivity index (χ0v) is 7.55. The van der Waals surface area contributed by atoms with E-state index in [-0.39, 0.29) is 0 Å². The van der Waals surface area contributed by atoms with E-state index in [9.17, 15) is 0 Å². The van der Waals surface area contributed by atoms with Crippen LogP contribution in [0.15, 0.2) is 35.7 Å². The van der Waals surface area contributed by atoms with Gasteiger partial charge in [-0.3, -0.25) is 0 Å². The first-order chi connectivity index (χ1) is 5.86. The monoisotopic (exact) mass is 177 g/mol. The van der Waals surface area contributed by atoms with Gasteiger partial charge in [0.25, 0.3) is 0 Å². The van der Waals surface area contributed by atoms with Gasteiger partial charge in [0.15, 0.2) is 0 Å². The first kappa shape index (κ1) is 7.74. The molecule has 0 bridgehead atoms. The molecule has 1 atom stereocenters. The number of nitrogens with two attached hydrogens (primary N) is 1. The molecule has 1 heterocycles. The van der Waals surface area contributed by atoms with Gasteiger partial charge in [0.2, 0.25) is 0 Å². The summed E-state index contributed by atoms with van der Waals surface area (Å²) in [4.78, 5) is 0. The summed E-state index contributed by atoms with van der Waals surface area (Å²) in [5, 5.41) is 2.78. The summed E-state index contributed by atoms with van der Waals surface area (Å²) >= 11 is 1.88. The molecule has 2 heteroatoms. The third-order valence-electron chi connectivity index (χ3n) is 2.00. The van der Waals surface area contributed by atoms with E-state index in [0.717, 1.165) is 12.1 Å². The lowest BCUT2D eigenvalue weighted by Crippen LogP contribution is -1.89. The molecule has 2 rings (SSSR count). The molecule has 2 N–H and O–H groups in total. The standard InChI is InChI=1S/C10H11NS/c11-9-5-3-8(4-6-9)10-2-1-7-12-10/h1,3-7,10H,2,11H2. The maximum absolute atomic E-state index is 5.60. The van der Waals surface area contributed by atoms with E-state index in [1.807, 2.05) is 23.9 Å². The van der Waals surface area contributed by atoms with E-state index >= 15 is 0 Å². The Morgan fingerprint density at radius 3 is 2.58 bits per heavy atom. The Bertz CT molecular complexity index is 281. The van der Waals surface area contributed by atoms with Gasteiger partial charge in [0, 0.05) is 10.9 Å². The Morgan fingerprint density at radius 1 is 1.25 bits per heavy atom. The average molecular weight is 177 g/mol. The minimum atomic E-state index is 0.616. The lowest BCUT2D eigenvalue weighted by Gasteiger charge is -2.08. The largest absolute Gasteiger partial charge is 0.399 e. The zero-order valence-electron chi connectivity index (χ0n) is 6.73. The molecule has 0 fully saturated rings. The van der Waals surface area contributed by atoms with Gasteiger partial charge in [-0.15, -0.1) is 11.8 Å². The van der Waals surface area contributed by atoms with Gasteiger partial charge in [-0.1, -0.05) is 18.2 Å². The van der Waals surface area contributed by atoms with Crippen LogP contribution in [0.25, 0.3) is 0 Å². The highest BCUT2D eigenvalue weighted by atomic mass is 32.2. The Morgan fingerprint density at radius 2 is 2.00 bits per heavy atom. The number of allylic oxidation sites excluding steroid dienone is 1. The molecule has 1 aromatic rings. The van der Waals surface area contributed by atoms with Crippen molar-refractivity contribution in [3.8, 4) is 0 Å². The average Bonchev–Trinajstić information content (AvgIpc) is 2.58. The molecular weight excluding hydrogens is 166 g/mol. The smallest absolute Gasteiger partial charge is 0.0373 e. The van der Waals surface area contributed by atoms with Crippen LogP contribution >= 0.6 is 11.8 Å². The number of benzene rings is 1. The van der Waals surface area contributed by atoms with Crippen LogP contribution in [0.1, 0.15) is 17.2 Å². The lowest BCUT2D eigenvalue weighted by molar-refractivity contribution is 0.991. The Hall–Kier alpha value is -0.890. The molecule has 0 aromatic heterocycles. The molecule has 62 valence electrons. The van der Waals surface area contributed by atoms with Crippen molar-refractivity contribution in [2.75, 3.05) is 5.73 Å². The van der Waals surface area contributed by atoms with Gasteiger partial charge >= 0.3 is 0 Å². The van der Waals surface area contributed by atoms with E-state index in [0.29, 0.717) is 5.25 Å². The van der Waals surface area contributed by atoms with Crippen molar-refractivity contribution in [3.05, 3.63) is 41.3 Å². The van der Waals surface area contributed by atoms with Crippen LogP contribution in [0, 0.1) is 0 Å². The van der Waals surface area contributed by atoms with Crippen molar-refractivity contribution in [1.29, 1.82) is 0 Å². The van der Waals surface area contributed by atoms with Gasteiger partial charge in [0.1, 0.15) is 0 Å². The van der Waals surface area contributed by atoms with E-state index in [4.69, 9.17) is 5.73 Å². The maximum atomic E-state index is 5.60. The highest BCUT2D eigenvalue weighted by molar-refractivity contribution is 8.02. The van der Waals surface area contributed by atoms with Crippen molar-refractivity contribution in [1.82, 2.24) is 0 Å². The number of nitrogen functional groups attached to an aromatic ring is 1. The fourth-order valence-corrected chi connectivity index (χ4v) is 2.26. The molecule has 0 saturated heterocycles. The molecule has 0 aliphatic carbocycles. The minimum Gasteiger partial charge on any atom is -0.399 e. The Kier molecular flexibility index (Phi) is 2.09. The number of thioether (sulfide) groups is 1. The molecule has 1 aliphatic rings. The van der Waals surface area contributed by atoms with Crippen LogP contribution < -0.4 is 5.73 Å². The molecule has 0 radical (unpaired) electrons. The first-order valence-electron chi connectivity index (χ1n) is 4.02. The summed E-state index contributed by atoms with van der Waals surface area (Å²) in [5.74, 6) is 0. The van der Waals surface area contributed by atoms with Crippen molar-refractivity contribution in [2.45, 2.75) is 11.7 Å². The zero-order chi connectivity index (χ0) is 8.39. The topological polar surface area (TPSA) is 26.0 Å². The summed E-state index contributed by atoms with van der Waals surface area (Å²) in [6, 6.07) is 8.16. The number of anilines is 1. The number of rotatable bonds is 1. The predicted molar refractivity (Wildman–Crippen MR) is 54.9 cm³/mol. The van der Waals surface area contributed by atoms with E-state index in [2.05, 4.69) is 23.6 Å². The fourth-order valence-electron chi connectivity index (χ4n) is 1.31. The van der Waals surface area contributed by atoms with Crippen LogP contribution in [0.4, 0.5) is 5.69 Å². The van der Waals surface area contributed by atoms with Crippen LogP contribution in [-0.2, 0) is 0 Å². The molecule has 0 spiro atoms.